The smallest absolute Gasteiger partial charge is 0.147 e. The number of pyridine rings is 1. The van der Waals surface area contributed by atoms with E-state index in [0.29, 0.717) is 0 Å². The Morgan fingerprint density at radius 2 is 2.28 bits per heavy atom. The van der Waals surface area contributed by atoms with Crippen molar-refractivity contribution >= 4 is 17.4 Å². The van der Waals surface area contributed by atoms with E-state index in [1.165, 1.54) is 12.8 Å². The van der Waals surface area contributed by atoms with E-state index in [2.05, 4.69) is 29.2 Å². The molecule has 0 radical (unpaired) electrons. The molecule has 1 aliphatic rings. The van der Waals surface area contributed by atoms with Gasteiger partial charge in [0.05, 0.1) is 5.02 Å². The SMILES string of the molecule is CCCNCc1cnc(N(C)CC2CC2)c(Cl)c1. The van der Waals surface area contributed by atoms with Crippen LogP contribution in [0.1, 0.15) is 31.7 Å². The van der Waals surface area contributed by atoms with Crippen molar-refractivity contribution in [3.8, 4) is 0 Å². The van der Waals surface area contributed by atoms with Crippen molar-refractivity contribution < 1.29 is 0 Å². The molecule has 0 amide bonds. The Morgan fingerprint density at radius 1 is 1.50 bits per heavy atom. The second-order valence-corrected chi connectivity index (χ2v) is 5.56. The first-order valence-electron chi connectivity index (χ1n) is 6.77. The van der Waals surface area contributed by atoms with Gasteiger partial charge in [0.1, 0.15) is 5.82 Å². The second-order valence-electron chi connectivity index (χ2n) is 5.15. The molecule has 1 aromatic rings. The van der Waals surface area contributed by atoms with Crippen molar-refractivity contribution in [2.45, 2.75) is 32.7 Å². The fourth-order valence-electron chi connectivity index (χ4n) is 2.03. The number of nitrogens with zero attached hydrogens (tertiary/aromatic N) is 2. The Morgan fingerprint density at radius 3 is 2.89 bits per heavy atom. The Balaban J connectivity index is 1.95. The molecule has 100 valence electrons. The zero-order valence-corrected chi connectivity index (χ0v) is 12.0. The molecule has 0 spiro atoms. The molecular formula is C14H22ClN3. The molecule has 4 heteroatoms. The van der Waals surface area contributed by atoms with Crippen molar-refractivity contribution in [2.75, 3.05) is 25.0 Å². The Bertz CT molecular complexity index is 391. The average Bonchev–Trinajstić information content (AvgIpc) is 3.13. The van der Waals surface area contributed by atoms with Gasteiger partial charge in [-0.2, -0.15) is 0 Å². The highest BCUT2D eigenvalue weighted by Gasteiger charge is 2.24. The molecule has 0 aliphatic heterocycles. The summed E-state index contributed by atoms with van der Waals surface area (Å²) in [6.07, 6.45) is 5.76. The lowest BCUT2D eigenvalue weighted by molar-refractivity contribution is 0.673. The van der Waals surface area contributed by atoms with Gasteiger partial charge in [0.2, 0.25) is 0 Å². The summed E-state index contributed by atoms with van der Waals surface area (Å²) < 4.78 is 0. The van der Waals surface area contributed by atoms with E-state index in [0.717, 1.165) is 48.4 Å². The summed E-state index contributed by atoms with van der Waals surface area (Å²) in [6, 6.07) is 2.02. The lowest BCUT2D eigenvalue weighted by atomic mass is 10.2. The topological polar surface area (TPSA) is 28.2 Å². The molecule has 0 atom stereocenters. The molecule has 1 aromatic heterocycles. The maximum Gasteiger partial charge on any atom is 0.147 e. The fourth-order valence-corrected chi connectivity index (χ4v) is 2.36. The lowest BCUT2D eigenvalue weighted by Gasteiger charge is -2.19. The van der Waals surface area contributed by atoms with Gasteiger partial charge in [0, 0.05) is 26.3 Å². The van der Waals surface area contributed by atoms with Crippen molar-refractivity contribution in [1.29, 1.82) is 0 Å². The van der Waals surface area contributed by atoms with Crippen LogP contribution in [0.25, 0.3) is 0 Å². The molecule has 2 rings (SSSR count). The molecule has 1 fully saturated rings. The molecule has 1 heterocycles. The number of aromatic nitrogens is 1. The Hall–Kier alpha value is -0.800. The van der Waals surface area contributed by atoms with Crippen LogP contribution in [0.5, 0.6) is 0 Å². The predicted molar refractivity (Wildman–Crippen MR) is 77.2 cm³/mol. The number of hydrogen-bond donors (Lipinski definition) is 1. The van der Waals surface area contributed by atoms with Crippen molar-refractivity contribution in [1.82, 2.24) is 10.3 Å². The van der Waals surface area contributed by atoms with Gasteiger partial charge in [-0.1, -0.05) is 18.5 Å². The fraction of sp³-hybridized carbons (Fsp3) is 0.643. The minimum atomic E-state index is 0.758. The largest absolute Gasteiger partial charge is 0.358 e. The van der Waals surface area contributed by atoms with E-state index in [9.17, 15) is 0 Å². The molecular weight excluding hydrogens is 246 g/mol. The number of hydrogen-bond acceptors (Lipinski definition) is 3. The van der Waals surface area contributed by atoms with Gasteiger partial charge >= 0.3 is 0 Å². The molecule has 0 bridgehead atoms. The maximum absolute atomic E-state index is 6.31. The van der Waals surface area contributed by atoms with Crippen LogP contribution in [0.3, 0.4) is 0 Å². The summed E-state index contributed by atoms with van der Waals surface area (Å²) in [5.41, 5.74) is 1.15. The molecule has 0 unspecified atom stereocenters. The molecule has 1 aliphatic carbocycles. The number of halogens is 1. The molecule has 0 aromatic carbocycles. The number of anilines is 1. The van der Waals surface area contributed by atoms with Crippen LogP contribution in [0.4, 0.5) is 5.82 Å². The average molecular weight is 268 g/mol. The van der Waals surface area contributed by atoms with E-state index < -0.39 is 0 Å². The Labute approximate surface area is 115 Å². The van der Waals surface area contributed by atoms with Gasteiger partial charge in [-0.15, -0.1) is 0 Å². The molecule has 0 saturated heterocycles. The second kappa shape index (κ2) is 6.39. The number of rotatable bonds is 7. The monoisotopic (exact) mass is 267 g/mol. The van der Waals surface area contributed by atoms with Crippen molar-refractivity contribution in [3.63, 3.8) is 0 Å². The summed E-state index contributed by atoms with van der Waals surface area (Å²) in [5, 5.41) is 4.12. The summed E-state index contributed by atoms with van der Waals surface area (Å²) in [7, 11) is 2.07. The third kappa shape index (κ3) is 3.85. The first-order valence-corrected chi connectivity index (χ1v) is 7.14. The molecule has 3 nitrogen and oxygen atoms in total. The molecule has 18 heavy (non-hydrogen) atoms. The molecule has 1 N–H and O–H groups in total. The van der Waals surface area contributed by atoms with E-state index in [1.807, 2.05) is 12.3 Å². The zero-order valence-electron chi connectivity index (χ0n) is 11.2. The lowest BCUT2D eigenvalue weighted by Crippen LogP contribution is -2.22. The first kappa shape index (κ1) is 13.6. The third-order valence-corrected chi connectivity index (χ3v) is 3.50. The third-order valence-electron chi connectivity index (χ3n) is 3.22. The normalized spacial score (nSPS) is 14.8. The van der Waals surface area contributed by atoms with Gasteiger partial charge in [-0.25, -0.2) is 4.98 Å². The molecule has 1 saturated carbocycles. The van der Waals surface area contributed by atoms with Gasteiger partial charge in [0.25, 0.3) is 0 Å². The summed E-state index contributed by atoms with van der Waals surface area (Å²) in [6.45, 7) is 5.10. The van der Waals surface area contributed by atoms with Crippen LogP contribution in [0.15, 0.2) is 12.3 Å². The van der Waals surface area contributed by atoms with Crippen molar-refractivity contribution in [3.05, 3.63) is 22.8 Å². The summed E-state index contributed by atoms with van der Waals surface area (Å²) in [5.74, 6) is 1.75. The van der Waals surface area contributed by atoms with Gasteiger partial charge in [-0.3, -0.25) is 0 Å². The Kier molecular flexibility index (Phi) is 4.84. The highest BCUT2D eigenvalue weighted by molar-refractivity contribution is 6.33. The van der Waals surface area contributed by atoms with Crippen molar-refractivity contribution in [2.24, 2.45) is 5.92 Å². The van der Waals surface area contributed by atoms with Gasteiger partial charge < -0.3 is 10.2 Å². The predicted octanol–water partition coefficient (Wildman–Crippen LogP) is 3.08. The summed E-state index contributed by atoms with van der Waals surface area (Å²) in [4.78, 5) is 6.66. The highest BCUT2D eigenvalue weighted by Crippen LogP contribution is 2.32. The first-order chi connectivity index (χ1) is 8.70. The van der Waals surface area contributed by atoms with Gasteiger partial charge in [0.15, 0.2) is 0 Å². The minimum Gasteiger partial charge on any atom is -0.358 e. The highest BCUT2D eigenvalue weighted by atomic mass is 35.5. The van der Waals surface area contributed by atoms with E-state index >= 15 is 0 Å². The number of nitrogens with one attached hydrogen (secondary N) is 1. The van der Waals surface area contributed by atoms with Crippen LogP contribution in [-0.2, 0) is 6.54 Å². The van der Waals surface area contributed by atoms with Crippen LogP contribution in [0, 0.1) is 5.92 Å². The van der Waals surface area contributed by atoms with E-state index in [-0.39, 0.29) is 0 Å². The van der Waals surface area contributed by atoms with Crippen LogP contribution in [-0.4, -0.2) is 25.1 Å². The van der Waals surface area contributed by atoms with Crippen LogP contribution in [0.2, 0.25) is 5.02 Å². The van der Waals surface area contributed by atoms with Gasteiger partial charge in [-0.05, 0) is 43.4 Å². The summed E-state index contributed by atoms with van der Waals surface area (Å²) >= 11 is 6.31. The zero-order chi connectivity index (χ0) is 13.0. The van der Waals surface area contributed by atoms with E-state index in [1.54, 1.807) is 0 Å². The maximum atomic E-state index is 6.31. The standard InChI is InChI=1S/C14H22ClN3/c1-3-6-16-8-12-7-13(15)14(17-9-12)18(2)10-11-4-5-11/h7,9,11,16H,3-6,8,10H2,1-2H3. The quantitative estimate of drug-likeness (QED) is 0.770. The minimum absolute atomic E-state index is 0.758. The van der Waals surface area contributed by atoms with E-state index in [4.69, 9.17) is 11.6 Å². The van der Waals surface area contributed by atoms with Crippen LogP contribution >= 0.6 is 11.6 Å². The van der Waals surface area contributed by atoms with Crippen LogP contribution < -0.4 is 10.2 Å².